The third-order valence-corrected chi connectivity index (χ3v) is 3.21. The van der Waals surface area contributed by atoms with E-state index in [9.17, 15) is 14.0 Å². The quantitative estimate of drug-likeness (QED) is 0.808. The maximum Gasteiger partial charge on any atom is 0.327 e. The molecule has 90 valence electrons. The Hall–Kier alpha value is -1.91. The number of nitrogens with one attached hydrogen (secondary N) is 1. The van der Waals surface area contributed by atoms with E-state index in [1.807, 2.05) is 0 Å². The zero-order chi connectivity index (χ0) is 12.6. The highest BCUT2D eigenvalue weighted by molar-refractivity contribution is 5.90. The van der Waals surface area contributed by atoms with Crippen LogP contribution in [0, 0.1) is 5.82 Å². The van der Waals surface area contributed by atoms with Crippen molar-refractivity contribution in [1.82, 2.24) is 5.32 Å². The van der Waals surface area contributed by atoms with Gasteiger partial charge < -0.3 is 10.4 Å². The number of carboxylic acid groups (broad SMARTS) is 1. The number of aliphatic carboxylic acids is 1. The predicted octanol–water partition coefficient (Wildman–Crippen LogP) is 1.06. The summed E-state index contributed by atoms with van der Waals surface area (Å²) >= 11 is 0. The minimum atomic E-state index is -1.15. The molecule has 4 nitrogen and oxygen atoms in total. The van der Waals surface area contributed by atoms with Crippen molar-refractivity contribution in [3.05, 3.63) is 35.6 Å². The fourth-order valence-electron chi connectivity index (χ4n) is 2.32. The number of halogens is 1. The summed E-state index contributed by atoms with van der Waals surface area (Å²) in [5.74, 6) is -2.01. The van der Waals surface area contributed by atoms with Gasteiger partial charge in [-0.1, -0.05) is 25.1 Å². The van der Waals surface area contributed by atoms with E-state index < -0.39 is 23.2 Å². The number of hydrogen-bond donors (Lipinski definition) is 2. The average Bonchev–Trinajstić information content (AvgIpc) is 2.55. The van der Waals surface area contributed by atoms with Crippen LogP contribution in [0.1, 0.15) is 18.9 Å². The molecule has 0 radical (unpaired) electrons. The van der Waals surface area contributed by atoms with Gasteiger partial charge in [-0.15, -0.1) is 0 Å². The van der Waals surface area contributed by atoms with E-state index in [0.29, 0.717) is 0 Å². The lowest BCUT2D eigenvalue weighted by Gasteiger charge is -2.28. The first-order chi connectivity index (χ1) is 7.95. The molecular weight excluding hydrogens is 225 g/mol. The van der Waals surface area contributed by atoms with Gasteiger partial charge in [-0.2, -0.15) is 0 Å². The van der Waals surface area contributed by atoms with Gasteiger partial charge in [-0.3, -0.25) is 4.79 Å². The first-order valence-corrected chi connectivity index (χ1v) is 5.22. The van der Waals surface area contributed by atoms with Crippen LogP contribution in [-0.4, -0.2) is 23.0 Å². The molecule has 5 heteroatoms. The van der Waals surface area contributed by atoms with Gasteiger partial charge in [0.2, 0.25) is 5.91 Å². The number of carbonyl (C=O) groups excluding carboxylic acids is 1. The van der Waals surface area contributed by atoms with Crippen molar-refractivity contribution in [2.75, 3.05) is 0 Å². The summed E-state index contributed by atoms with van der Waals surface area (Å²) in [6.45, 7) is 1.59. The zero-order valence-corrected chi connectivity index (χ0v) is 9.24. The molecule has 17 heavy (non-hydrogen) atoms. The van der Waals surface area contributed by atoms with Crippen molar-refractivity contribution < 1.29 is 19.1 Å². The Morgan fingerprint density at radius 3 is 2.76 bits per heavy atom. The van der Waals surface area contributed by atoms with Crippen LogP contribution in [0.25, 0.3) is 0 Å². The zero-order valence-electron chi connectivity index (χ0n) is 9.24. The van der Waals surface area contributed by atoms with Crippen molar-refractivity contribution >= 4 is 11.9 Å². The molecule has 1 heterocycles. The van der Waals surface area contributed by atoms with Crippen LogP contribution in [0.4, 0.5) is 4.39 Å². The second-order valence-electron chi connectivity index (χ2n) is 4.41. The van der Waals surface area contributed by atoms with Crippen LogP contribution in [0.15, 0.2) is 24.3 Å². The van der Waals surface area contributed by atoms with Crippen molar-refractivity contribution in [3.63, 3.8) is 0 Å². The smallest absolute Gasteiger partial charge is 0.327 e. The molecule has 0 aliphatic carbocycles. The van der Waals surface area contributed by atoms with E-state index in [1.54, 1.807) is 13.0 Å². The molecule has 1 aromatic carbocycles. The summed E-state index contributed by atoms with van der Waals surface area (Å²) in [7, 11) is 0. The molecule has 2 rings (SSSR count). The molecule has 1 aliphatic heterocycles. The fraction of sp³-hybridized carbons (Fsp3) is 0.333. The number of amides is 1. The van der Waals surface area contributed by atoms with Crippen molar-refractivity contribution in [2.24, 2.45) is 0 Å². The van der Waals surface area contributed by atoms with E-state index >= 15 is 0 Å². The monoisotopic (exact) mass is 237 g/mol. The molecule has 2 N–H and O–H groups in total. The van der Waals surface area contributed by atoms with Gasteiger partial charge in [0.05, 0.1) is 0 Å². The maximum atomic E-state index is 13.7. The predicted molar refractivity (Wildman–Crippen MR) is 57.9 cm³/mol. The molecule has 1 aliphatic rings. The number of carbonyl (C=O) groups is 2. The van der Waals surface area contributed by atoms with E-state index in [-0.39, 0.29) is 17.9 Å². The molecule has 0 saturated carbocycles. The summed E-state index contributed by atoms with van der Waals surface area (Å²) < 4.78 is 13.7. The van der Waals surface area contributed by atoms with Crippen LogP contribution in [0.2, 0.25) is 0 Å². The summed E-state index contributed by atoms with van der Waals surface area (Å²) in [5, 5.41) is 11.4. The lowest BCUT2D eigenvalue weighted by atomic mass is 9.76. The Balaban J connectivity index is 2.51. The van der Waals surface area contributed by atoms with Crippen molar-refractivity contribution in [2.45, 2.75) is 24.8 Å². The van der Waals surface area contributed by atoms with E-state index in [2.05, 4.69) is 5.32 Å². The first kappa shape index (κ1) is 11.6. The highest BCUT2D eigenvalue weighted by atomic mass is 19.1. The molecule has 1 aromatic rings. The fourth-order valence-corrected chi connectivity index (χ4v) is 2.32. The molecule has 1 fully saturated rings. The van der Waals surface area contributed by atoms with Gasteiger partial charge >= 0.3 is 5.97 Å². The number of hydrogen-bond acceptors (Lipinski definition) is 2. The average molecular weight is 237 g/mol. The van der Waals surface area contributed by atoms with Crippen LogP contribution in [-0.2, 0) is 15.0 Å². The SMILES string of the molecule is CC1(c2ccccc2F)CC(=O)NC1C(=O)O. The standard InChI is InChI=1S/C12H12FNO3/c1-12(7-4-2-3-5-8(7)13)6-9(15)14-10(12)11(16)17/h2-5,10H,6H2,1H3,(H,14,15)(H,16,17). The topological polar surface area (TPSA) is 66.4 Å². The summed E-state index contributed by atoms with van der Waals surface area (Å²) in [5.41, 5.74) is -0.792. The van der Waals surface area contributed by atoms with Crippen LogP contribution in [0.3, 0.4) is 0 Å². The highest BCUT2D eigenvalue weighted by Gasteiger charge is 2.49. The maximum absolute atomic E-state index is 13.7. The van der Waals surface area contributed by atoms with Gasteiger partial charge in [-0.25, -0.2) is 9.18 Å². The summed E-state index contributed by atoms with van der Waals surface area (Å²) in [4.78, 5) is 22.5. The lowest BCUT2D eigenvalue weighted by molar-refractivity contribution is -0.141. The van der Waals surface area contributed by atoms with Crippen LogP contribution < -0.4 is 5.32 Å². The van der Waals surface area contributed by atoms with Gasteiger partial charge in [0.1, 0.15) is 11.9 Å². The molecule has 0 bridgehead atoms. The van der Waals surface area contributed by atoms with E-state index in [4.69, 9.17) is 5.11 Å². The molecule has 0 spiro atoms. The van der Waals surface area contributed by atoms with E-state index in [0.717, 1.165) is 0 Å². The van der Waals surface area contributed by atoms with E-state index in [1.165, 1.54) is 18.2 Å². The Morgan fingerprint density at radius 2 is 2.18 bits per heavy atom. The highest BCUT2D eigenvalue weighted by Crippen LogP contribution is 2.37. The third-order valence-electron chi connectivity index (χ3n) is 3.21. The van der Waals surface area contributed by atoms with Gasteiger partial charge in [0.25, 0.3) is 0 Å². The van der Waals surface area contributed by atoms with Gasteiger partial charge in [0, 0.05) is 11.8 Å². The second kappa shape index (κ2) is 3.84. The molecule has 2 atom stereocenters. The molecular formula is C12H12FNO3. The normalized spacial score (nSPS) is 27.9. The van der Waals surface area contributed by atoms with Gasteiger partial charge in [0.15, 0.2) is 0 Å². The minimum Gasteiger partial charge on any atom is -0.480 e. The largest absolute Gasteiger partial charge is 0.480 e. The second-order valence-corrected chi connectivity index (χ2v) is 4.41. The molecule has 1 saturated heterocycles. The Kier molecular flexibility index (Phi) is 2.61. The van der Waals surface area contributed by atoms with Gasteiger partial charge in [-0.05, 0) is 11.6 Å². The third kappa shape index (κ3) is 1.77. The van der Waals surface area contributed by atoms with Crippen LogP contribution in [0.5, 0.6) is 0 Å². The number of carboxylic acids is 1. The van der Waals surface area contributed by atoms with Crippen molar-refractivity contribution in [3.8, 4) is 0 Å². The first-order valence-electron chi connectivity index (χ1n) is 5.22. The summed E-state index contributed by atoms with van der Waals surface area (Å²) in [6.07, 6.45) is -0.0229. The Morgan fingerprint density at radius 1 is 1.53 bits per heavy atom. The molecule has 0 aromatic heterocycles. The van der Waals surface area contributed by atoms with Crippen molar-refractivity contribution in [1.29, 1.82) is 0 Å². The molecule has 1 amide bonds. The minimum absolute atomic E-state index is 0.0229. The Labute approximate surface area is 97.4 Å². The molecule has 2 unspecified atom stereocenters. The van der Waals surface area contributed by atoms with Crippen LogP contribution >= 0.6 is 0 Å². The number of benzene rings is 1. The summed E-state index contributed by atoms with van der Waals surface area (Å²) in [6, 6.07) is 4.85. The number of rotatable bonds is 2. The Bertz CT molecular complexity index is 488. The lowest BCUT2D eigenvalue weighted by Crippen LogP contribution is -2.45.